The molecule has 0 saturated heterocycles. The van der Waals surface area contributed by atoms with Gasteiger partial charge >= 0.3 is 0 Å². The Kier molecular flexibility index (Phi) is 2.96. The summed E-state index contributed by atoms with van der Waals surface area (Å²) in [6, 6.07) is 0. The highest BCUT2D eigenvalue weighted by Crippen LogP contribution is 2.35. The third kappa shape index (κ3) is 2.50. The number of hydrogen-bond donors (Lipinski definition) is 0. The maximum absolute atomic E-state index is 5.86. The molecule has 0 atom stereocenters. The highest BCUT2D eigenvalue weighted by atomic mass is 16.7. The molecule has 17 heavy (non-hydrogen) atoms. The van der Waals surface area contributed by atoms with Gasteiger partial charge in [-0.2, -0.15) is 0 Å². The maximum atomic E-state index is 5.86. The highest BCUT2D eigenvalue weighted by Gasteiger charge is 2.30. The molecule has 1 aromatic heterocycles. The van der Waals surface area contributed by atoms with Crippen molar-refractivity contribution in [2.45, 2.75) is 47.0 Å². The zero-order valence-corrected chi connectivity index (χ0v) is 11.1. The van der Waals surface area contributed by atoms with Crippen LogP contribution in [0, 0.1) is 6.92 Å². The predicted octanol–water partition coefficient (Wildman–Crippen LogP) is 3.46. The number of aryl methyl sites for hydroxylation is 1. The lowest BCUT2D eigenvalue weighted by Crippen LogP contribution is -2.36. The van der Waals surface area contributed by atoms with Crippen molar-refractivity contribution in [2.24, 2.45) is 0 Å². The largest absolute Gasteiger partial charge is 0.461 e. The van der Waals surface area contributed by atoms with Gasteiger partial charge in [0.2, 0.25) is 5.79 Å². The molecule has 1 aliphatic rings. The third-order valence-corrected chi connectivity index (χ3v) is 2.70. The van der Waals surface area contributed by atoms with E-state index in [9.17, 15) is 0 Å². The summed E-state index contributed by atoms with van der Waals surface area (Å²) in [5.41, 5.74) is 4.34. The van der Waals surface area contributed by atoms with Gasteiger partial charge in [-0.1, -0.05) is 11.6 Å². The summed E-state index contributed by atoms with van der Waals surface area (Å²) in [5.74, 6) is 0.305. The summed E-state index contributed by atoms with van der Waals surface area (Å²) in [6.45, 7) is 10.5. The Labute approximate surface area is 102 Å². The minimum absolute atomic E-state index is 0.566. The molecule has 2 rings (SSSR count). The Balaban J connectivity index is 2.52. The molecule has 0 spiro atoms. The number of fused-ring (bicyclic) bond motifs is 1. The molecule has 0 saturated carbocycles. The summed E-state index contributed by atoms with van der Waals surface area (Å²) in [7, 11) is 0. The van der Waals surface area contributed by atoms with Gasteiger partial charge in [0, 0.05) is 31.2 Å². The van der Waals surface area contributed by atoms with E-state index in [1.165, 1.54) is 5.57 Å². The zero-order chi connectivity index (χ0) is 12.6. The fourth-order valence-electron chi connectivity index (χ4n) is 1.89. The monoisotopic (exact) mass is 233 g/mol. The van der Waals surface area contributed by atoms with Gasteiger partial charge in [-0.3, -0.25) is 4.98 Å². The van der Waals surface area contributed by atoms with Crippen LogP contribution in [-0.4, -0.2) is 10.8 Å². The Morgan fingerprint density at radius 3 is 2.76 bits per heavy atom. The van der Waals surface area contributed by atoms with E-state index in [0.29, 0.717) is 6.61 Å². The molecule has 0 unspecified atom stereocenters. The molecule has 2 heterocycles. The van der Waals surface area contributed by atoms with Crippen molar-refractivity contribution >= 4 is 6.08 Å². The van der Waals surface area contributed by atoms with Crippen LogP contribution in [-0.2, 0) is 11.3 Å². The van der Waals surface area contributed by atoms with Crippen LogP contribution in [0.25, 0.3) is 6.08 Å². The van der Waals surface area contributed by atoms with Crippen LogP contribution in [0.4, 0.5) is 0 Å². The van der Waals surface area contributed by atoms with Crippen molar-refractivity contribution in [2.75, 3.05) is 0 Å². The van der Waals surface area contributed by atoms with E-state index in [1.807, 2.05) is 27.0 Å². The lowest BCUT2D eigenvalue weighted by atomic mass is 10.0. The van der Waals surface area contributed by atoms with Gasteiger partial charge in [-0.05, 0) is 20.8 Å². The highest BCUT2D eigenvalue weighted by molar-refractivity contribution is 5.59. The van der Waals surface area contributed by atoms with E-state index in [4.69, 9.17) is 9.47 Å². The average Bonchev–Trinajstić information content (AvgIpc) is 2.21. The van der Waals surface area contributed by atoms with E-state index in [1.54, 1.807) is 0 Å². The van der Waals surface area contributed by atoms with Crippen molar-refractivity contribution in [3.05, 3.63) is 28.6 Å². The van der Waals surface area contributed by atoms with E-state index in [-0.39, 0.29) is 0 Å². The molecule has 0 radical (unpaired) electrons. The van der Waals surface area contributed by atoms with Crippen molar-refractivity contribution in [3.8, 4) is 5.75 Å². The first-order valence-corrected chi connectivity index (χ1v) is 5.85. The SMILES string of the molecule is CC(C)=Cc1cnc(C)c2c1COC(C)(C)O2. The Hall–Kier alpha value is -1.35. The topological polar surface area (TPSA) is 31.4 Å². The van der Waals surface area contributed by atoms with Crippen LogP contribution in [0.3, 0.4) is 0 Å². The van der Waals surface area contributed by atoms with Gasteiger partial charge in [-0.15, -0.1) is 0 Å². The smallest absolute Gasteiger partial charge is 0.205 e. The summed E-state index contributed by atoms with van der Waals surface area (Å²) in [6.07, 6.45) is 3.99. The summed E-state index contributed by atoms with van der Waals surface area (Å²) in [5, 5.41) is 0. The molecule has 0 N–H and O–H groups in total. The number of nitrogens with zero attached hydrogens (tertiary/aromatic N) is 1. The molecular formula is C14H19NO2. The van der Waals surface area contributed by atoms with Crippen LogP contribution < -0.4 is 4.74 Å². The van der Waals surface area contributed by atoms with Gasteiger partial charge in [0.05, 0.1) is 12.3 Å². The predicted molar refractivity (Wildman–Crippen MR) is 67.8 cm³/mol. The minimum Gasteiger partial charge on any atom is -0.461 e. The number of pyridine rings is 1. The fraction of sp³-hybridized carbons (Fsp3) is 0.500. The van der Waals surface area contributed by atoms with E-state index in [0.717, 1.165) is 22.6 Å². The van der Waals surface area contributed by atoms with Crippen LogP contribution in [0.5, 0.6) is 5.75 Å². The molecule has 3 heteroatoms. The number of allylic oxidation sites excluding steroid dienone is 1. The number of rotatable bonds is 1. The van der Waals surface area contributed by atoms with Crippen LogP contribution >= 0.6 is 0 Å². The lowest BCUT2D eigenvalue weighted by molar-refractivity contribution is -0.180. The molecule has 92 valence electrons. The first-order valence-electron chi connectivity index (χ1n) is 5.85. The number of hydrogen-bond acceptors (Lipinski definition) is 3. The van der Waals surface area contributed by atoms with Crippen LogP contribution in [0.2, 0.25) is 0 Å². The second-order valence-corrected chi connectivity index (χ2v) is 5.12. The molecule has 1 aliphatic heterocycles. The molecule has 0 aromatic carbocycles. The number of aromatic nitrogens is 1. The Bertz CT molecular complexity index is 471. The van der Waals surface area contributed by atoms with Gasteiger partial charge in [0.25, 0.3) is 0 Å². The molecule has 3 nitrogen and oxygen atoms in total. The van der Waals surface area contributed by atoms with Crippen LogP contribution in [0.1, 0.15) is 44.5 Å². The standard InChI is InChI=1S/C14H19NO2/c1-9(2)6-11-7-15-10(3)13-12(11)8-16-14(4,5)17-13/h6-7H,8H2,1-5H3. The zero-order valence-electron chi connectivity index (χ0n) is 11.1. The molecule has 0 bridgehead atoms. The third-order valence-electron chi connectivity index (χ3n) is 2.70. The molecular weight excluding hydrogens is 214 g/mol. The van der Waals surface area contributed by atoms with Gasteiger partial charge in [0.15, 0.2) is 0 Å². The first kappa shape index (κ1) is 12.1. The molecule has 0 fully saturated rings. The van der Waals surface area contributed by atoms with Crippen molar-refractivity contribution < 1.29 is 9.47 Å². The van der Waals surface area contributed by atoms with E-state index in [2.05, 4.69) is 24.9 Å². The van der Waals surface area contributed by atoms with E-state index < -0.39 is 5.79 Å². The average molecular weight is 233 g/mol. The molecule has 0 amide bonds. The quantitative estimate of drug-likeness (QED) is 0.744. The van der Waals surface area contributed by atoms with Crippen molar-refractivity contribution in [3.63, 3.8) is 0 Å². The van der Waals surface area contributed by atoms with Crippen LogP contribution in [0.15, 0.2) is 11.8 Å². The Morgan fingerprint density at radius 1 is 1.41 bits per heavy atom. The number of ether oxygens (including phenoxy) is 2. The second kappa shape index (κ2) is 4.15. The van der Waals surface area contributed by atoms with Crippen molar-refractivity contribution in [1.82, 2.24) is 4.98 Å². The first-order chi connectivity index (χ1) is 7.89. The maximum Gasteiger partial charge on any atom is 0.205 e. The summed E-state index contributed by atoms with van der Waals surface area (Å²) >= 11 is 0. The van der Waals surface area contributed by atoms with Gasteiger partial charge in [-0.25, -0.2) is 0 Å². The normalized spacial score (nSPS) is 17.0. The minimum atomic E-state index is -0.566. The summed E-state index contributed by atoms with van der Waals surface area (Å²) in [4.78, 5) is 4.39. The molecule has 0 aliphatic carbocycles. The van der Waals surface area contributed by atoms with Gasteiger partial charge in [0.1, 0.15) is 5.75 Å². The fourth-order valence-corrected chi connectivity index (χ4v) is 1.89. The lowest BCUT2D eigenvalue weighted by Gasteiger charge is -2.33. The van der Waals surface area contributed by atoms with Gasteiger partial charge < -0.3 is 9.47 Å². The Morgan fingerprint density at radius 2 is 2.12 bits per heavy atom. The molecule has 1 aromatic rings. The van der Waals surface area contributed by atoms with Crippen molar-refractivity contribution in [1.29, 1.82) is 0 Å². The van der Waals surface area contributed by atoms with E-state index >= 15 is 0 Å². The summed E-state index contributed by atoms with van der Waals surface area (Å²) < 4.78 is 11.5. The second-order valence-electron chi connectivity index (χ2n) is 5.12.